The molecule has 0 bridgehead atoms. The number of thioether (sulfide) groups is 1. The summed E-state index contributed by atoms with van der Waals surface area (Å²) in [6.45, 7) is 1.41. The van der Waals surface area contributed by atoms with E-state index in [4.69, 9.17) is 5.73 Å². The van der Waals surface area contributed by atoms with E-state index >= 15 is 0 Å². The molecule has 2 nitrogen and oxygen atoms in total. The Bertz CT molecular complexity index is 404. The number of hydrogen-bond acceptors (Lipinski definition) is 3. The monoisotopic (exact) mass is 249 g/mol. The number of ketones is 1. The van der Waals surface area contributed by atoms with E-state index in [1.807, 2.05) is 0 Å². The molecule has 0 fully saturated rings. The van der Waals surface area contributed by atoms with E-state index in [0.717, 1.165) is 0 Å². The van der Waals surface area contributed by atoms with Gasteiger partial charge < -0.3 is 5.73 Å². The second-order valence-electron chi connectivity index (χ2n) is 3.30. The first-order chi connectivity index (χ1) is 7.28. The molecule has 0 aliphatic carbocycles. The van der Waals surface area contributed by atoms with Gasteiger partial charge in [0.15, 0.2) is 0 Å². The second-order valence-corrected chi connectivity index (χ2v) is 4.41. The predicted octanol–water partition coefficient (Wildman–Crippen LogP) is 3.01. The van der Waals surface area contributed by atoms with Crippen LogP contribution in [0, 0.1) is 0 Å². The zero-order valence-electron chi connectivity index (χ0n) is 8.47. The molecule has 0 saturated heterocycles. The summed E-state index contributed by atoms with van der Waals surface area (Å²) in [7, 11) is 0. The molecule has 6 heteroatoms. The Kier molecular flexibility index (Phi) is 3.85. The Labute approximate surface area is 95.0 Å². The number of alkyl halides is 3. The van der Waals surface area contributed by atoms with Crippen LogP contribution < -0.4 is 5.73 Å². The van der Waals surface area contributed by atoms with E-state index in [0.29, 0.717) is 5.56 Å². The van der Waals surface area contributed by atoms with Gasteiger partial charge in [-0.15, -0.1) is 0 Å². The number of carbonyl (C=O) groups excluding carboxylic acids is 1. The average Bonchev–Trinajstić information content (AvgIpc) is 2.06. The molecule has 1 rings (SSSR count). The maximum atomic E-state index is 12.1. The van der Waals surface area contributed by atoms with Crippen LogP contribution in [-0.2, 0) is 11.2 Å². The summed E-state index contributed by atoms with van der Waals surface area (Å²) < 4.78 is 36.3. The van der Waals surface area contributed by atoms with Gasteiger partial charge >= 0.3 is 5.51 Å². The van der Waals surface area contributed by atoms with Crippen molar-refractivity contribution in [1.29, 1.82) is 0 Å². The van der Waals surface area contributed by atoms with Crippen molar-refractivity contribution in [2.45, 2.75) is 23.7 Å². The van der Waals surface area contributed by atoms with Gasteiger partial charge in [-0.1, -0.05) is 6.07 Å². The van der Waals surface area contributed by atoms with Crippen LogP contribution in [-0.4, -0.2) is 11.3 Å². The standard InChI is InChI=1S/C10H10F3NOS/c1-6(15)4-7-2-3-9(8(14)5-7)16-10(11,12)13/h2-3,5H,4,14H2,1H3. The van der Waals surface area contributed by atoms with E-state index < -0.39 is 5.51 Å². The topological polar surface area (TPSA) is 43.1 Å². The molecular formula is C10H10F3NOS. The number of carbonyl (C=O) groups is 1. The molecule has 2 N–H and O–H groups in total. The summed E-state index contributed by atoms with van der Waals surface area (Å²) in [5, 5.41) is 0. The molecule has 0 aromatic heterocycles. The number of halogens is 3. The fourth-order valence-electron chi connectivity index (χ4n) is 1.21. The summed E-state index contributed by atoms with van der Waals surface area (Å²) in [4.78, 5) is 10.8. The molecule has 16 heavy (non-hydrogen) atoms. The first-order valence-corrected chi connectivity index (χ1v) is 5.23. The minimum atomic E-state index is -4.35. The molecule has 1 aromatic rings. The van der Waals surface area contributed by atoms with Gasteiger partial charge in [-0.05, 0) is 36.4 Å². The summed E-state index contributed by atoms with van der Waals surface area (Å²) in [5.41, 5.74) is 1.79. The lowest BCUT2D eigenvalue weighted by molar-refractivity contribution is -0.116. The van der Waals surface area contributed by atoms with Gasteiger partial charge in [-0.2, -0.15) is 13.2 Å². The van der Waals surface area contributed by atoms with Crippen LogP contribution in [0.2, 0.25) is 0 Å². The van der Waals surface area contributed by atoms with Crippen LogP contribution in [0.3, 0.4) is 0 Å². The zero-order chi connectivity index (χ0) is 12.3. The number of Topliss-reactive ketones (excluding diaryl/α,β-unsaturated/α-hetero) is 1. The van der Waals surface area contributed by atoms with Crippen molar-refractivity contribution in [1.82, 2.24) is 0 Å². The molecule has 0 unspecified atom stereocenters. The fraction of sp³-hybridized carbons (Fsp3) is 0.300. The number of hydrogen-bond donors (Lipinski definition) is 1. The fourth-order valence-corrected chi connectivity index (χ4v) is 1.78. The zero-order valence-corrected chi connectivity index (χ0v) is 9.28. The SMILES string of the molecule is CC(=O)Cc1ccc(SC(F)(F)F)c(N)c1. The van der Waals surface area contributed by atoms with Gasteiger partial charge in [-0.25, -0.2) is 0 Å². The van der Waals surface area contributed by atoms with E-state index in [2.05, 4.69) is 0 Å². The Balaban J connectivity index is 2.87. The van der Waals surface area contributed by atoms with E-state index in [1.165, 1.54) is 25.1 Å². The molecule has 0 amide bonds. The molecule has 0 heterocycles. The first-order valence-electron chi connectivity index (χ1n) is 4.41. The maximum Gasteiger partial charge on any atom is 0.446 e. The quantitative estimate of drug-likeness (QED) is 0.661. The highest BCUT2D eigenvalue weighted by atomic mass is 32.2. The van der Waals surface area contributed by atoms with Crippen LogP contribution in [0.4, 0.5) is 18.9 Å². The Morgan fingerprint density at radius 1 is 1.44 bits per heavy atom. The molecule has 1 aromatic carbocycles. The van der Waals surface area contributed by atoms with Crippen molar-refractivity contribution in [3.63, 3.8) is 0 Å². The van der Waals surface area contributed by atoms with Gasteiger partial charge in [0.25, 0.3) is 0 Å². The van der Waals surface area contributed by atoms with Gasteiger partial charge in [-0.3, -0.25) is 4.79 Å². The van der Waals surface area contributed by atoms with E-state index in [1.54, 1.807) is 0 Å². The average molecular weight is 249 g/mol. The Morgan fingerprint density at radius 2 is 2.06 bits per heavy atom. The highest BCUT2D eigenvalue weighted by Crippen LogP contribution is 2.39. The third-order valence-corrected chi connectivity index (χ3v) is 2.58. The van der Waals surface area contributed by atoms with E-state index in [-0.39, 0.29) is 34.5 Å². The molecule has 0 spiro atoms. The highest BCUT2D eigenvalue weighted by molar-refractivity contribution is 8.00. The van der Waals surface area contributed by atoms with Crippen LogP contribution in [0.25, 0.3) is 0 Å². The molecule has 0 aliphatic heterocycles. The van der Waals surface area contributed by atoms with Gasteiger partial charge in [0, 0.05) is 17.0 Å². The number of nitrogen functional groups attached to an aromatic ring is 1. The normalized spacial score (nSPS) is 11.5. The predicted molar refractivity (Wildman–Crippen MR) is 57.2 cm³/mol. The molecule has 0 saturated carbocycles. The van der Waals surface area contributed by atoms with Crippen molar-refractivity contribution in [3.05, 3.63) is 23.8 Å². The largest absolute Gasteiger partial charge is 0.446 e. The third-order valence-electron chi connectivity index (χ3n) is 1.75. The van der Waals surface area contributed by atoms with Crippen molar-refractivity contribution in [2.24, 2.45) is 0 Å². The summed E-state index contributed by atoms with van der Waals surface area (Å²) in [6, 6.07) is 4.16. The second kappa shape index (κ2) is 4.78. The van der Waals surface area contributed by atoms with Crippen LogP contribution in [0.5, 0.6) is 0 Å². The minimum Gasteiger partial charge on any atom is -0.398 e. The minimum absolute atomic E-state index is 0.0418. The third kappa shape index (κ3) is 4.14. The lowest BCUT2D eigenvalue weighted by atomic mass is 10.1. The van der Waals surface area contributed by atoms with Crippen LogP contribution in [0.15, 0.2) is 23.1 Å². The Hall–Kier alpha value is -1.17. The maximum absolute atomic E-state index is 12.1. The number of rotatable bonds is 3. The number of anilines is 1. The molecule has 88 valence electrons. The summed E-state index contributed by atoms with van der Waals surface area (Å²) in [6.07, 6.45) is 0.182. The van der Waals surface area contributed by atoms with Crippen molar-refractivity contribution in [3.8, 4) is 0 Å². The highest BCUT2D eigenvalue weighted by Gasteiger charge is 2.30. The number of nitrogens with two attached hydrogens (primary N) is 1. The first kappa shape index (κ1) is 12.9. The van der Waals surface area contributed by atoms with Crippen LogP contribution >= 0.6 is 11.8 Å². The van der Waals surface area contributed by atoms with Gasteiger partial charge in [0.05, 0.1) is 0 Å². The molecular weight excluding hydrogens is 239 g/mol. The summed E-state index contributed by atoms with van der Waals surface area (Å²) in [5.74, 6) is -0.0596. The van der Waals surface area contributed by atoms with Crippen molar-refractivity contribution in [2.75, 3.05) is 5.73 Å². The smallest absolute Gasteiger partial charge is 0.398 e. The van der Waals surface area contributed by atoms with Gasteiger partial charge in [0.2, 0.25) is 0 Å². The lowest BCUT2D eigenvalue weighted by Gasteiger charge is -2.09. The Morgan fingerprint density at radius 3 is 2.50 bits per heavy atom. The van der Waals surface area contributed by atoms with Crippen LogP contribution in [0.1, 0.15) is 12.5 Å². The molecule has 0 radical (unpaired) electrons. The van der Waals surface area contributed by atoms with Gasteiger partial charge in [0.1, 0.15) is 5.78 Å². The summed E-state index contributed by atoms with van der Waals surface area (Å²) >= 11 is -0.255. The number of benzene rings is 1. The lowest BCUT2D eigenvalue weighted by Crippen LogP contribution is -2.02. The van der Waals surface area contributed by atoms with Crippen molar-refractivity contribution >= 4 is 23.2 Å². The van der Waals surface area contributed by atoms with Crippen molar-refractivity contribution < 1.29 is 18.0 Å². The van der Waals surface area contributed by atoms with E-state index in [9.17, 15) is 18.0 Å². The molecule has 0 atom stereocenters. The molecule has 0 aliphatic rings.